The molecular formula is C32H45FN4O8. The van der Waals surface area contributed by atoms with Gasteiger partial charge in [-0.05, 0) is 57.6 Å². The Morgan fingerprint density at radius 2 is 1.78 bits per heavy atom. The van der Waals surface area contributed by atoms with Crippen molar-refractivity contribution in [1.29, 1.82) is 0 Å². The first-order valence-corrected chi connectivity index (χ1v) is 15.8. The maximum Gasteiger partial charge on any atom is 0.410 e. The van der Waals surface area contributed by atoms with Gasteiger partial charge in [-0.15, -0.1) is 0 Å². The van der Waals surface area contributed by atoms with Gasteiger partial charge in [0.05, 0.1) is 19.0 Å². The Balaban J connectivity index is 1.32. The van der Waals surface area contributed by atoms with Crippen molar-refractivity contribution in [3.05, 3.63) is 35.1 Å². The van der Waals surface area contributed by atoms with Crippen LogP contribution in [0.25, 0.3) is 0 Å². The van der Waals surface area contributed by atoms with Crippen LogP contribution in [0.1, 0.15) is 89.7 Å². The average molecular weight is 633 g/mol. The molecule has 5 atom stereocenters. The number of benzene rings is 1. The first-order valence-electron chi connectivity index (χ1n) is 15.8. The number of alkyl carbamates (subject to hydrolysis) is 1. The molecule has 45 heavy (non-hydrogen) atoms. The van der Waals surface area contributed by atoms with Crippen LogP contribution in [0.15, 0.2) is 18.2 Å². The summed E-state index contributed by atoms with van der Waals surface area (Å²) < 4.78 is 25.2. The van der Waals surface area contributed by atoms with Crippen molar-refractivity contribution in [3.63, 3.8) is 0 Å². The van der Waals surface area contributed by atoms with Gasteiger partial charge in [-0.25, -0.2) is 14.0 Å². The van der Waals surface area contributed by atoms with Crippen LogP contribution in [0.5, 0.6) is 0 Å². The van der Waals surface area contributed by atoms with Gasteiger partial charge in [0.25, 0.3) is 0 Å². The van der Waals surface area contributed by atoms with Crippen molar-refractivity contribution in [2.45, 2.75) is 115 Å². The molecule has 0 bridgehead atoms. The number of carboxylic acid groups (broad SMARTS) is 1. The molecule has 1 saturated carbocycles. The van der Waals surface area contributed by atoms with E-state index in [4.69, 9.17) is 20.3 Å². The molecule has 13 heteroatoms. The van der Waals surface area contributed by atoms with Crippen molar-refractivity contribution in [1.82, 2.24) is 15.1 Å². The molecule has 0 aromatic heterocycles. The number of likely N-dealkylation sites (tertiary alicyclic amines) is 1. The zero-order chi connectivity index (χ0) is 32.9. The van der Waals surface area contributed by atoms with Gasteiger partial charge in [0.15, 0.2) is 0 Å². The van der Waals surface area contributed by atoms with Crippen molar-refractivity contribution < 1.29 is 42.9 Å². The lowest BCUT2D eigenvalue weighted by molar-refractivity contribution is -0.139. The molecule has 1 aliphatic carbocycles. The summed E-state index contributed by atoms with van der Waals surface area (Å²) in [5, 5.41) is 11.7. The van der Waals surface area contributed by atoms with E-state index in [1.807, 2.05) is 0 Å². The van der Waals surface area contributed by atoms with E-state index in [9.17, 15) is 28.4 Å². The zero-order valence-electron chi connectivity index (χ0n) is 26.3. The summed E-state index contributed by atoms with van der Waals surface area (Å²) in [4.78, 5) is 65.4. The molecule has 1 unspecified atom stereocenters. The fourth-order valence-corrected chi connectivity index (χ4v) is 6.18. The van der Waals surface area contributed by atoms with Gasteiger partial charge in [0.1, 0.15) is 29.6 Å². The molecule has 4 rings (SSSR count). The Morgan fingerprint density at radius 3 is 2.42 bits per heavy atom. The summed E-state index contributed by atoms with van der Waals surface area (Å²) in [6.07, 6.45) is 3.89. The Bertz CT molecular complexity index is 1280. The standard InChI is InChI=1S/C32H45FN4O8/c1-32(2,3)45-30(42)35-25(13-8-6-4-5-7-10-19-14-22(19)29(40)41)28(39)37-17-21(15-26(37)27(34)38)44-31(43)36-16-20-11-9-12-24(33)23(20)18-36/h9,11-12,19,21-22,25-26H,4-8,10,13-18H2,1-3H3,(H2,34,38)(H,35,42)(H,40,41)/t19-,21-,22+,25?,26+/m1/s1. The highest BCUT2D eigenvalue weighted by molar-refractivity contribution is 5.91. The summed E-state index contributed by atoms with van der Waals surface area (Å²) >= 11 is 0. The number of carboxylic acids is 1. The van der Waals surface area contributed by atoms with Crippen molar-refractivity contribution >= 4 is 30.0 Å². The van der Waals surface area contributed by atoms with Crippen molar-refractivity contribution in [2.24, 2.45) is 17.6 Å². The number of unbranched alkanes of at least 4 members (excludes halogenated alkanes) is 4. The van der Waals surface area contributed by atoms with Gasteiger partial charge in [-0.1, -0.05) is 44.2 Å². The topological polar surface area (TPSA) is 169 Å². The van der Waals surface area contributed by atoms with E-state index >= 15 is 0 Å². The molecule has 248 valence electrons. The van der Waals surface area contributed by atoms with Gasteiger partial charge in [0.2, 0.25) is 11.8 Å². The first-order chi connectivity index (χ1) is 21.2. The Kier molecular flexibility index (Phi) is 10.9. The largest absolute Gasteiger partial charge is 0.481 e. The molecule has 0 spiro atoms. The highest BCUT2D eigenvalue weighted by atomic mass is 19.1. The highest BCUT2D eigenvalue weighted by Crippen LogP contribution is 2.42. The lowest BCUT2D eigenvalue weighted by Gasteiger charge is -2.28. The van der Waals surface area contributed by atoms with Gasteiger partial charge < -0.3 is 30.5 Å². The molecular weight excluding hydrogens is 587 g/mol. The third-order valence-corrected chi connectivity index (χ3v) is 8.62. The number of amides is 4. The van der Waals surface area contributed by atoms with Gasteiger partial charge >= 0.3 is 18.2 Å². The number of primary amides is 1. The van der Waals surface area contributed by atoms with Crippen LogP contribution in [0.4, 0.5) is 14.0 Å². The van der Waals surface area contributed by atoms with Crippen LogP contribution in [-0.2, 0) is 36.9 Å². The van der Waals surface area contributed by atoms with Crippen LogP contribution < -0.4 is 11.1 Å². The number of carbonyl (C=O) groups excluding carboxylic acids is 4. The summed E-state index contributed by atoms with van der Waals surface area (Å²) in [6.45, 7) is 5.28. The Morgan fingerprint density at radius 1 is 1.07 bits per heavy atom. The minimum absolute atomic E-state index is 0.00481. The third kappa shape index (κ3) is 9.30. The molecule has 2 fully saturated rings. The minimum atomic E-state index is -1.04. The third-order valence-electron chi connectivity index (χ3n) is 8.62. The number of nitrogens with one attached hydrogen (secondary N) is 1. The second-order valence-electron chi connectivity index (χ2n) is 13.4. The maximum atomic E-state index is 14.2. The molecule has 1 saturated heterocycles. The first kappa shape index (κ1) is 34.0. The minimum Gasteiger partial charge on any atom is -0.481 e. The van der Waals surface area contributed by atoms with E-state index in [0.717, 1.165) is 38.5 Å². The summed E-state index contributed by atoms with van der Waals surface area (Å²) in [6, 6.07) is 2.63. The fraction of sp³-hybridized carbons (Fsp3) is 0.656. The van der Waals surface area contributed by atoms with E-state index in [2.05, 4.69) is 5.32 Å². The average Bonchev–Trinajstić information content (AvgIpc) is 3.38. The number of fused-ring (bicyclic) bond motifs is 1. The van der Waals surface area contributed by atoms with E-state index in [1.165, 1.54) is 15.9 Å². The summed E-state index contributed by atoms with van der Waals surface area (Å²) in [5.74, 6) is -2.32. The number of nitrogens with zero attached hydrogens (tertiary/aromatic N) is 2. The summed E-state index contributed by atoms with van der Waals surface area (Å²) in [5.41, 5.74) is 5.98. The molecule has 0 radical (unpaired) electrons. The molecule has 4 N–H and O–H groups in total. The molecule has 12 nitrogen and oxygen atoms in total. The fourth-order valence-electron chi connectivity index (χ4n) is 6.18. The van der Waals surface area contributed by atoms with E-state index in [-0.39, 0.29) is 37.9 Å². The number of halogens is 1. The number of hydrogen-bond donors (Lipinski definition) is 3. The second kappa shape index (κ2) is 14.5. The lowest BCUT2D eigenvalue weighted by Crippen LogP contribution is -2.53. The molecule has 1 aromatic carbocycles. The van der Waals surface area contributed by atoms with Gasteiger partial charge in [-0.3, -0.25) is 19.3 Å². The van der Waals surface area contributed by atoms with E-state index in [0.29, 0.717) is 24.0 Å². The van der Waals surface area contributed by atoms with Crippen molar-refractivity contribution in [2.75, 3.05) is 6.54 Å². The number of aliphatic carboxylic acids is 1. The molecule has 2 aliphatic heterocycles. The smallest absolute Gasteiger partial charge is 0.410 e. The summed E-state index contributed by atoms with van der Waals surface area (Å²) in [7, 11) is 0. The number of rotatable bonds is 13. The maximum absolute atomic E-state index is 14.2. The van der Waals surface area contributed by atoms with Crippen LogP contribution in [0.2, 0.25) is 0 Å². The second-order valence-corrected chi connectivity index (χ2v) is 13.4. The Labute approximate surface area is 262 Å². The molecule has 3 aliphatic rings. The highest BCUT2D eigenvalue weighted by Gasteiger charge is 2.44. The van der Waals surface area contributed by atoms with Crippen LogP contribution in [0.3, 0.4) is 0 Å². The SMILES string of the molecule is CC(C)(C)OC(=O)NC(CCCCCCC[C@@H]1C[C@@H]1C(=O)O)C(=O)N1C[C@H](OC(=O)N2Cc3cccc(F)c3C2)C[C@H]1C(N)=O. The number of carbonyl (C=O) groups is 5. The van der Waals surface area contributed by atoms with E-state index in [1.54, 1.807) is 32.9 Å². The predicted molar refractivity (Wildman–Crippen MR) is 160 cm³/mol. The number of ether oxygens (including phenoxy) is 2. The Hall–Kier alpha value is -3.90. The number of nitrogens with two attached hydrogens (primary N) is 1. The molecule has 2 heterocycles. The van der Waals surface area contributed by atoms with Crippen LogP contribution >= 0.6 is 0 Å². The van der Waals surface area contributed by atoms with Gasteiger partial charge in [0, 0.05) is 18.5 Å². The van der Waals surface area contributed by atoms with E-state index < -0.39 is 59.6 Å². The van der Waals surface area contributed by atoms with Gasteiger partial charge in [-0.2, -0.15) is 0 Å². The van der Waals surface area contributed by atoms with Crippen LogP contribution in [-0.4, -0.2) is 75.2 Å². The van der Waals surface area contributed by atoms with Crippen molar-refractivity contribution in [3.8, 4) is 0 Å². The monoisotopic (exact) mass is 632 g/mol. The molecule has 1 aromatic rings. The lowest BCUT2D eigenvalue weighted by atomic mass is 10.0. The number of hydrogen-bond acceptors (Lipinski definition) is 7. The predicted octanol–water partition coefficient (Wildman–Crippen LogP) is 4.08. The van der Waals surface area contributed by atoms with Crippen LogP contribution in [0, 0.1) is 17.7 Å². The molecule has 4 amide bonds. The quantitative estimate of drug-likeness (QED) is 0.273. The zero-order valence-corrected chi connectivity index (χ0v) is 26.3. The normalized spacial score (nSPS) is 22.8.